The van der Waals surface area contributed by atoms with Crippen LogP contribution in [0.3, 0.4) is 0 Å². The van der Waals surface area contributed by atoms with Crippen molar-refractivity contribution in [3.8, 4) is 5.88 Å². The minimum Gasteiger partial charge on any atom is -0.481 e. The van der Waals surface area contributed by atoms with Gasteiger partial charge in [-0.1, -0.05) is 62.9 Å². The van der Waals surface area contributed by atoms with E-state index < -0.39 is 49.5 Å². The third-order valence-electron chi connectivity index (χ3n) is 6.76. The van der Waals surface area contributed by atoms with Crippen LogP contribution in [0.1, 0.15) is 45.9 Å². The van der Waals surface area contributed by atoms with Gasteiger partial charge < -0.3 is 19.7 Å². The number of aliphatic hydroxyl groups is 2. The maximum Gasteiger partial charge on any atom is 0.405 e. The Morgan fingerprint density at radius 3 is 2.60 bits per heavy atom. The van der Waals surface area contributed by atoms with E-state index >= 15 is 0 Å². The highest BCUT2D eigenvalue weighted by Gasteiger charge is 2.54. The Hall–Kier alpha value is -2.09. The van der Waals surface area contributed by atoms with E-state index in [1.807, 2.05) is 51.1 Å². The number of aromatic nitrogens is 2. The summed E-state index contributed by atoms with van der Waals surface area (Å²) in [5.41, 5.74) is -2.31. The lowest BCUT2D eigenvalue weighted by molar-refractivity contribution is -0.118. The summed E-state index contributed by atoms with van der Waals surface area (Å²) >= 11 is 1.10. The number of methoxy groups -OCH3 is 1. The first-order valence-electron chi connectivity index (χ1n) is 12.9. The molecule has 2 aromatic rings. The van der Waals surface area contributed by atoms with Crippen molar-refractivity contribution >= 4 is 24.6 Å². The highest BCUT2D eigenvalue weighted by molar-refractivity contribution is 8.13. The molecule has 1 aliphatic heterocycles. The molecular weight excluding hydrogens is 561 g/mol. The van der Waals surface area contributed by atoms with Crippen LogP contribution >= 0.6 is 19.5 Å². The molecule has 14 heteroatoms. The Bertz CT molecular complexity index is 1240. The van der Waals surface area contributed by atoms with Crippen molar-refractivity contribution in [1.82, 2.24) is 14.6 Å². The summed E-state index contributed by atoms with van der Waals surface area (Å²) in [5.74, 6) is 0.343. The Balaban J connectivity index is 1.69. The monoisotopic (exact) mass is 599 g/mol. The van der Waals surface area contributed by atoms with Crippen LogP contribution in [0.15, 0.2) is 47.4 Å². The SMILES string of the molecule is CCC(C)(C)C(=O)SCCOP(=O)(NCc1ccccc1)OC[C@H]1O[C@@H](n2ccc(OC)nc2=O)[C@](C)(O)[C@@H]1O. The largest absolute Gasteiger partial charge is 0.481 e. The second-order valence-corrected chi connectivity index (χ2v) is 13.1. The highest BCUT2D eigenvalue weighted by atomic mass is 32.2. The van der Waals surface area contributed by atoms with E-state index in [0.29, 0.717) is 6.42 Å². The molecule has 1 aliphatic rings. The standard InChI is InChI=1S/C26H38N3O9PS/c1-6-25(2,3)23(31)40-15-14-36-39(34,27-16-18-10-8-7-9-11-18)37-17-19-21(30)26(4,33)22(38-19)29-13-12-20(35-5)28-24(29)32/h7-13,19,21-22,30,33H,6,14-17H2,1-5H3,(H,27,34)/t19-,21-,22-,26-,39?/m1/s1. The predicted octanol–water partition coefficient (Wildman–Crippen LogP) is 2.89. The van der Waals surface area contributed by atoms with E-state index in [-0.39, 0.29) is 29.9 Å². The fourth-order valence-electron chi connectivity index (χ4n) is 3.78. The first-order valence-corrected chi connectivity index (χ1v) is 15.4. The molecule has 222 valence electrons. The van der Waals surface area contributed by atoms with Gasteiger partial charge in [0.25, 0.3) is 0 Å². The molecule has 3 N–H and O–H groups in total. The zero-order chi connectivity index (χ0) is 29.6. The third-order valence-corrected chi connectivity index (χ3v) is 9.51. The summed E-state index contributed by atoms with van der Waals surface area (Å²) in [4.78, 5) is 28.6. The molecule has 0 radical (unpaired) electrons. The molecular formula is C26H38N3O9PS. The van der Waals surface area contributed by atoms with Crippen LogP contribution in [-0.4, -0.2) is 68.8 Å². The van der Waals surface area contributed by atoms with Gasteiger partial charge in [-0.05, 0) is 18.9 Å². The first kappa shape index (κ1) is 32.4. The van der Waals surface area contributed by atoms with Gasteiger partial charge in [0.1, 0.15) is 17.8 Å². The molecule has 1 saturated heterocycles. The minimum absolute atomic E-state index is 0.00520. The molecule has 0 aliphatic carbocycles. The molecule has 5 atom stereocenters. The molecule has 0 saturated carbocycles. The second kappa shape index (κ2) is 13.7. The lowest BCUT2D eigenvalue weighted by atomic mass is 9.92. The van der Waals surface area contributed by atoms with Gasteiger partial charge in [-0.15, -0.1) is 0 Å². The van der Waals surface area contributed by atoms with Crippen LogP contribution in [-0.2, 0) is 29.7 Å². The summed E-state index contributed by atoms with van der Waals surface area (Å²) in [6, 6.07) is 10.6. The first-order chi connectivity index (χ1) is 18.8. The molecule has 0 spiro atoms. The van der Waals surface area contributed by atoms with Crippen LogP contribution in [0.4, 0.5) is 0 Å². The zero-order valence-electron chi connectivity index (χ0n) is 23.3. The number of nitrogens with one attached hydrogen (secondary N) is 1. The Labute approximate surface area is 238 Å². The topological polar surface area (TPSA) is 158 Å². The van der Waals surface area contributed by atoms with Gasteiger partial charge in [-0.3, -0.25) is 18.4 Å². The minimum atomic E-state index is -3.97. The van der Waals surface area contributed by atoms with Crippen molar-refractivity contribution in [1.29, 1.82) is 0 Å². The van der Waals surface area contributed by atoms with Crippen LogP contribution in [0.5, 0.6) is 5.88 Å². The normalized spacial score (nSPS) is 24.5. The fraction of sp³-hybridized carbons (Fsp3) is 0.577. The highest BCUT2D eigenvalue weighted by Crippen LogP contribution is 2.46. The number of rotatable bonds is 14. The second-order valence-electron chi connectivity index (χ2n) is 10.2. The van der Waals surface area contributed by atoms with Gasteiger partial charge in [0.15, 0.2) is 11.3 Å². The van der Waals surface area contributed by atoms with Gasteiger partial charge in [0, 0.05) is 30.0 Å². The van der Waals surface area contributed by atoms with E-state index in [9.17, 15) is 24.4 Å². The van der Waals surface area contributed by atoms with Crippen molar-refractivity contribution in [3.63, 3.8) is 0 Å². The number of carbonyl (C=O) groups excluding carboxylic acids is 1. The smallest absolute Gasteiger partial charge is 0.405 e. The maximum atomic E-state index is 13.7. The third kappa shape index (κ3) is 8.01. The zero-order valence-corrected chi connectivity index (χ0v) is 25.0. The van der Waals surface area contributed by atoms with Crippen LogP contribution < -0.4 is 15.5 Å². The molecule has 40 heavy (non-hydrogen) atoms. The van der Waals surface area contributed by atoms with E-state index in [1.165, 1.54) is 26.3 Å². The molecule has 12 nitrogen and oxygen atoms in total. The number of nitrogens with zero attached hydrogens (tertiary/aromatic N) is 2. The molecule has 2 heterocycles. The molecule has 1 fully saturated rings. The fourth-order valence-corrected chi connectivity index (χ4v) is 6.10. The lowest BCUT2D eigenvalue weighted by Crippen LogP contribution is -2.46. The van der Waals surface area contributed by atoms with Crippen molar-refractivity contribution < 1.29 is 38.1 Å². The number of thioether (sulfide) groups is 1. The molecule has 0 bridgehead atoms. The molecule has 1 unspecified atom stereocenters. The maximum absolute atomic E-state index is 13.7. The van der Waals surface area contributed by atoms with E-state index in [4.69, 9.17) is 18.5 Å². The van der Waals surface area contributed by atoms with Crippen LogP contribution in [0.2, 0.25) is 0 Å². The van der Waals surface area contributed by atoms with Gasteiger partial charge in [-0.25, -0.2) is 14.4 Å². The van der Waals surface area contributed by atoms with Gasteiger partial charge in [0.2, 0.25) is 5.88 Å². The van der Waals surface area contributed by atoms with E-state index in [1.54, 1.807) is 0 Å². The quantitative estimate of drug-likeness (QED) is 0.216. The van der Waals surface area contributed by atoms with Gasteiger partial charge in [-0.2, -0.15) is 4.98 Å². The van der Waals surface area contributed by atoms with Crippen molar-refractivity contribution in [2.75, 3.05) is 26.1 Å². The molecule has 1 aromatic heterocycles. The summed E-state index contributed by atoms with van der Waals surface area (Å²) in [7, 11) is -2.61. The number of carbonyl (C=O) groups is 1. The molecule has 3 rings (SSSR count). The summed E-state index contributed by atoms with van der Waals surface area (Å²) in [6.45, 7) is 6.67. The van der Waals surface area contributed by atoms with Crippen molar-refractivity contribution in [2.24, 2.45) is 5.41 Å². The van der Waals surface area contributed by atoms with Crippen molar-refractivity contribution in [2.45, 2.75) is 64.7 Å². The van der Waals surface area contributed by atoms with E-state index in [2.05, 4.69) is 10.1 Å². The number of ether oxygens (including phenoxy) is 2. The molecule has 1 aromatic carbocycles. The molecule has 0 amide bonds. The predicted molar refractivity (Wildman–Crippen MR) is 150 cm³/mol. The number of aliphatic hydroxyl groups excluding tert-OH is 1. The summed E-state index contributed by atoms with van der Waals surface area (Å²) in [5, 5.41) is 24.6. The van der Waals surface area contributed by atoms with Gasteiger partial charge in [0.05, 0.1) is 20.3 Å². The van der Waals surface area contributed by atoms with Crippen molar-refractivity contribution in [3.05, 3.63) is 58.6 Å². The Kier molecular flexibility index (Phi) is 11.1. The number of hydrogen-bond acceptors (Lipinski definition) is 11. The average molecular weight is 600 g/mol. The summed E-state index contributed by atoms with van der Waals surface area (Å²) in [6.07, 6.45) is -1.95. The number of benzene rings is 1. The van der Waals surface area contributed by atoms with Crippen LogP contribution in [0.25, 0.3) is 0 Å². The van der Waals surface area contributed by atoms with Gasteiger partial charge >= 0.3 is 13.4 Å². The lowest BCUT2D eigenvalue weighted by Gasteiger charge is -2.27. The average Bonchev–Trinajstić information content (AvgIpc) is 3.17. The van der Waals surface area contributed by atoms with E-state index in [0.717, 1.165) is 21.9 Å². The van der Waals surface area contributed by atoms with Crippen LogP contribution in [0, 0.1) is 5.41 Å². The Morgan fingerprint density at radius 2 is 1.98 bits per heavy atom. The summed E-state index contributed by atoms with van der Waals surface area (Å²) < 4.78 is 36.7. The number of hydrogen-bond donors (Lipinski definition) is 3. The Morgan fingerprint density at radius 1 is 1.27 bits per heavy atom.